The van der Waals surface area contributed by atoms with E-state index in [4.69, 9.17) is 60.8 Å². The van der Waals surface area contributed by atoms with Crippen LogP contribution in [0.1, 0.15) is 35.4 Å². The van der Waals surface area contributed by atoms with Crippen LogP contribution in [0.15, 0.2) is 72.8 Å². The highest BCUT2D eigenvalue weighted by atomic mass is 127. The number of pyridine rings is 1. The molecule has 1 saturated heterocycles. The quantitative estimate of drug-likeness (QED) is 0.0282. The van der Waals surface area contributed by atoms with Gasteiger partial charge in [0.05, 0.1) is 87.4 Å². The van der Waals surface area contributed by atoms with Crippen molar-refractivity contribution in [3.05, 3.63) is 99.5 Å². The number of nitrogens with one attached hydrogen (secondary N) is 1. The van der Waals surface area contributed by atoms with Crippen LogP contribution in [0.4, 0.5) is 18.9 Å². The molecule has 5 rings (SSSR count). The number of nitrogens with zero attached hydrogens (tertiary/aromatic N) is 2. The summed E-state index contributed by atoms with van der Waals surface area (Å²) < 4.78 is 91.3. The average molecular weight is 1020 g/mol. The van der Waals surface area contributed by atoms with Crippen molar-refractivity contribution in [2.75, 3.05) is 97.7 Å². The fourth-order valence-electron chi connectivity index (χ4n) is 6.32. The van der Waals surface area contributed by atoms with Gasteiger partial charge in [-0.15, -0.1) is 0 Å². The van der Waals surface area contributed by atoms with Gasteiger partial charge in [-0.2, -0.15) is 13.2 Å². The number of hydrogen-bond donors (Lipinski definition) is 1. The number of piperidine rings is 1. The lowest BCUT2D eigenvalue weighted by molar-refractivity contribution is -0.0432. The fourth-order valence-corrected chi connectivity index (χ4v) is 8.08. The lowest BCUT2D eigenvalue weighted by atomic mass is 9.84. The van der Waals surface area contributed by atoms with E-state index < -0.39 is 16.5 Å². The summed E-state index contributed by atoms with van der Waals surface area (Å²) in [5, 5.41) is 5.61. The van der Waals surface area contributed by atoms with E-state index in [2.05, 4.69) is 32.6 Å². The van der Waals surface area contributed by atoms with Crippen LogP contribution in [0.3, 0.4) is 0 Å². The molecule has 0 bridgehead atoms. The first-order valence-corrected chi connectivity index (χ1v) is 24.1. The number of hydrogen-bond acceptors (Lipinski definition) is 11. The number of aromatic nitrogens is 1. The minimum absolute atomic E-state index is 0.0333. The predicted octanol–water partition coefficient (Wildman–Crippen LogP) is 9.26. The summed E-state index contributed by atoms with van der Waals surface area (Å²) in [5.74, 6) is 0.197. The molecule has 2 heterocycles. The summed E-state index contributed by atoms with van der Waals surface area (Å²) in [6, 6.07) is 23.0. The molecule has 0 amide bonds. The molecule has 3 aromatic carbocycles. The van der Waals surface area contributed by atoms with Gasteiger partial charge >= 0.3 is 5.51 Å². The molecule has 0 spiro atoms. The zero-order valence-corrected chi connectivity index (χ0v) is 37.4. The molecule has 1 N–H and O–H groups in total. The molecule has 11 nitrogen and oxygen atoms in total. The molecule has 1 aliphatic rings. The molecule has 4 aromatic rings. The molecule has 19 heteroatoms. The van der Waals surface area contributed by atoms with Gasteiger partial charge in [0.25, 0.3) is 0 Å². The smallest absolute Gasteiger partial charge is 0.475 e. The van der Waals surface area contributed by atoms with E-state index in [1.54, 1.807) is 6.07 Å². The van der Waals surface area contributed by atoms with Crippen LogP contribution >= 0.6 is 53.6 Å². The average Bonchev–Trinajstić information content (AvgIpc) is 3.23. The van der Waals surface area contributed by atoms with Crippen LogP contribution in [0.2, 0.25) is 10.0 Å². The highest BCUT2D eigenvalue weighted by Crippen LogP contribution is 2.37. The molecule has 324 valence electrons. The van der Waals surface area contributed by atoms with Crippen LogP contribution in [0, 0.1) is 0 Å². The Balaban J connectivity index is 1.16. The second kappa shape index (κ2) is 25.8. The van der Waals surface area contributed by atoms with Gasteiger partial charge in [0.2, 0.25) is 16.9 Å². The molecule has 1 atom stereocenters. The number of benzene rings is 3. The molecule has 0 aliphatic carbocycles. The summed E-state index contributed by atoms with van der Waals surface area (Å²) in [7, 11) is -1.77. The standard InChI is InChI=1S/C40H47Cl2F3IN3O8S2/c41-32-6-1-29(2-7-32)39(30-3-8-33(42)9-4-30)31-5-10-36-35(27-31)37(47-34-11-13-49(14-12-34)59(50)40(43,44)45)28-38(48-36)56-25-23-54-21-19-52-17-15-51-16-18-53-20-22-55-24-26-57-58-46/h1-10,27-28,34,39H,11-26H2,(H,47,48). The van der Waals surface area contributed by atoms with E-state index in [1.165, 1.54) is 9.21 Å². The van der Waals surface area contributed by atoms with Gasteiger partial charge in [-0.1, -0.05) is 53.5 Å². The van der Waals surface area contributed by atoms with Crippen molar-refractivity contribution in [1.29, 1.82) is 0 Å². The third kappa shape index (κ3) is 16.3. The van der Waals surface area contributed by atoms with Gasteiger partial charge in [-0.05, 0) is 65.9 Å². The maximum atomic E-state index is 13.2. The molecular formula is C40H47Cl2F3IN3O8S2. The SMILES string of the molecule is O=S(N1CCC(Nc2cc(OCCOCCOCCOCCOCCOCCOSI)nc3ccc(C(c4ccc(Cl)cc4)c4ccc(Cl)cc4)cc23)CC1)C(F)(F)F. The normalized spacial score (nSPS) is 14.6. The van der Waals surface area contributed by atoms with Gasteiger partial charge in [-0.25, -0.2) is 13.5 Å². The molecule has 1 unspecified atom stereocenters. The highest BCUT2D eigenvalue weighted by Gasteiger charge is 2.42. The molecule has 0 saturated carbocycles. The van der Waals surface area contributed by atoms with Crippen molar-refractivity contribution in [3.8, 4) is 5.88 Å². The Morgan fingerprint density at radius 3 is 1.69 bits per heavy atom. The van der Waals surface area contributed by atoms with Crippen LogP contribution in [0.25, 0.3) is 10.9 Å². The lowest BCUT2D eigenvalue weighted by Gasteiger charge is -2.32. The van der Waals surface area contributed by atoms with Crippen LogP contribution < -0.4 is 10.1 Å². The Morgan fingerprint density at radius 1 is 0.729 bits per heavy atom. The number of alkyl halides is 3. The molecular weight excluding hydrogens is 969 g/mol. The van der Waals surface area contributed by atoms with E-state index >= 15 is 0 Å². The molecule has 1 aliphatic heterocycles. The zero-order chi connectivity index (χ0) is 41.9. The first kappa shape index (κ1) is 48.0. The van der Waals surface area contributed by atoms with E-state index in [0.717, 1.165) is 32.1 Å². The Morgan fingerprint density at radius 2 is 1.20 bits per heavy atom. The van der Waals surface area contributed by atoms with Gasteiger partial charge in [0.1, 0.15) is 6.61 Å². The van der Waals surface area contributed by atoms with Crippen LogP contribution in [0.5, 0.6) is 5.88 Å². The van der Waals surface area contributed by atoms with Crippen LogP contribution in [-0.4, -0.2) is 117 Å². The monoisotopic (exact) mass is 1020 g/mol. The highest BCUT2D eigenvalue weighted by molar-refractivity contribution is 14.2. The summed E-state index contributed by atoms with van der Waals surface area (Å²) in [6.07, 6.45) is 0.725. The second-order valence-corrected chi connectivity index (χ2v) is 16.9. The van der Waals surface area contributed by atoms with Gasteiger partial charge in [0, 0.05) is 73.4 Å². The fraction of sp³-hybridized carbons (Fsp3) is 0.475. The van der Waals surface area contributed by atoms with Crippen molar-refractivity contribution >= 4 is 81.2 Å². The van der Waals surface area contributed by atoms with Crippen molar-refractivity contribution < 1.29 is 50.0 Å². The maximum Gasteiger partial charge on any atom is 0.485 e. The first-order chi connectivity index (χ1) is 28.6. The van der Waals surface area contributed by atoms with Crippen LogP contribution in [-0.2, 0) is 38.9 Å². The number of halogens is 6. The largest absolute Gasteiger partial charge is 0.485 e. The Bertz CT molecular complexity index is 1820. The Kier molecular flexibility index (Phi) is 21.0. The molecule has 1 aromatic heterocycles. The lowest BCUT2D eigenvalue weighted by Crippen LogP contribution is -2.43. The number of rotatable bonds is 26. The molecule has 0 radical (unpaired) electrons. The molecule has 1 fully saturated rings. The first-order valence-electron chi connectivity index (χ1n) is 19.0. The third-order valence-corrected chi connectivity index (χ3v) is 11.9. The number of anilines is 1. The maximum absolute atomic E-state index is 13.2. The summed E-state index contributed by atoms with van der Waals surface area (Å²) in [4.78, 5) is 4.79. The minimum Gasteiger partial charge on any atom is -0.475 e. The van der Waals surface area contributed by atoms with E-state index in [1.807, 2.05) is 60.7 Å². The van der Waals surface area contributed by atoms with Crippen molar-refractivity contribution in [2.24, 2.45) is 0 Å². The van der Waals surface area contributed by atoms with Gasteiger partial charge < -0.3 is 37.9 Å². The van der Waals surface area contributed by atoms with Gasteiger partial charge in [-0.3, -0.25) is 0 Å². The second-order valence-electron chi connectivity index (χ2n) is 13.2. The van der Waals surface area contributed by atoms with E-state index in [-0.39, 0.29) is 31.7 Å². The molecule has 59 heavy (non-hydrogen) atoms. The van der Waals surface area contributed by atoms with Crippen molar-refractivity contribution in [2.45, 2.75) is 30.3 Å². The Labute approximate surface area is 371 Å². The Hall–Kier alpha value is -2.01. The topological polar surface area (TPSA) is 110 Å². The summed E-state index contributed by atoms with van der Waals surface area (Å²) in [5.41, 5.74) is -0.379. The summed E-state index contributed by atoms with van der Waals surface area (Å²) >= 11 is 14.6. The van der Waals surface area contributed by atoms with E-state index in [9.17, 15) is 17.4 Å². The van der Waals surface area contributed by atoms with E-state index in [0.29, 0.717) is 107 Å². The van der Waals surface area contributed by atoms with Crippen molar-refractivity contribution in [1.82, 2.24) is 9.29 Å². The predicted molar refractivity (Wildman–Crippen MR) is 235 cm³/mol. The zero-order valence-electron chi connectivity index (χ0n) is 32.1. The van der Waals surface area contributed by atoms with Gasteiger partial charge in [0.15, 0.2) is 0 Å². The number of ether oxygens (including phenoxy) is 6. The van der Waals surface area contributed by atoms with Crippen molar-refractivity contribution in [3.63, 3.8) is 0 Å². The minimum atomic E-state index is -4.79. The third-order valence-electron chi connectivity index (χ3n) is 9.12. The number of fused-ring (bicyclic) bond motifs is 1. The summed E-state index contributed by atoms with van der Waals surface area (Å²) in [6.45, 7) is 5.22.